The van der Waals surface area contributed by atoms with Crippen LogP contribution in [0.25, 0.3) is 10.9 Å². The lowest BCUT2D eigenvalue weighted by atomic mass is 10.1. The predicted molar refractivity (Wildman–Crippen MR) is 117 cm³/mol. The molecule has 3 aromatic rings. The molecular formula is C23H24N4O4. The number of urea groups is 1. The van der Waals surface area contributed by atoms with E-state index in [9.17, 15) is 14.4 Å². The predicted octanol–water partition coefficient (Wildman–Crippen LogP) is 2.74. The molecule has 1 aliphatic heterocycles. The van der Waals surface area contributed by atoms with E-state index in [0.717, 1.165) is 27.1 Å². The number of anilines is 1. The third kappa shape index (κ3) is 4.37. The number of rotatable bonds is 8. The Morgan fingerprint density at radius 3 is 2.74 bits per heavy atom. The van der Waals surface area contributed by atoms with Gasteiger partial charge in [0.05, 0.1) is 12.8 Å². The van der Waals surface area contributed by atoms with E-state index in [1.165, 1.54) is 0 Å². The lowest BCUT2D eigenvalue weighted by Crippen LogP contribution is -2.33. The average molecular weight is 420 g/mol. The summed E-state index contributed by atoms with van der Waals surface area (Å²) in [6, 6.07) is 13.4. The van der Waals surface area contributed by atoms with Gasteiger partial charge in [-0.25, -0.2) is 9.69 Å². The lowest BCUT2D eigenvalue weighted by Gasteiger charge is -2.12. The molecule has 1 saturated heterocycles. The van der Waals surface area contributed by atoms with Gasteiger partial charge in [0.1, 0.15) is 11.8 Å². The molecule has 4 amide bonds. The normalized spacial score (nSPS) is 15.9. The fourth-order valence-corrected chi connectivity index (χ4v) is 3.74. The van der Waals surface area contributed by atoms with E-state index in [2.05, 4.69) is 15.6 Å². The minimum atomic E-state index is -0.695. The summed E-state index contributed by atoms with van der Waals surface area (Å²) in [5.41, 5.74) is 2.62. The van der Waals surface area contributed by atoms with E-state index >= 15 is 0 Å². The summed E-state index contributed by atoms with van der Waals surface area (Å²) in [6.45, 7) is 0.476. The SMILES string of the molecule is COc1ccc2[nH]cc(CCNC(=O)CC[C@H]3NC(=O)N(c4ccccc4)C3=O)c2c1. The monoisotopic (exact) mass is 420 g/mol. The molecule has 1 fully saturated rings. The van der Waals surface area contributed by atoms with Gasteiger partial charge in [-0.2, -0.15) is 0 Å². The summed E-state index contributed by atoms with van der Waals surface area (Å²) < 4.78 is 5.28. The van der Waals surface area contributed by atoms with E-state index in [0.29, 0.717) is 18.7 Å². The zero-order valence-electron chi connectivity index (χ0n) is 17.2. The van der Waals surface area contributed by atoms with Crippen LogP contribution in [-0.2, 0) is 16.0 Å². The van der Waals surface area contributed by atoms with Gasteiger partial charge in [-0.1, -0.05) is 18.2 Å². The van der Waals surface area contributed by atoms with Crippen molar-refractivity contribution < 1.29 is 19.1 Å². The quantitative estimate of drug-likeness (QED) is 0.488. The topological polar surface area (TPSA) is 104 Å². The second kappa shape index (κ2) is 8.91. The van der Waals surface area contributed by atoms with Crippen LogP contribution in [0.2, 0.25) is 0 Å². The van der Waals surface area contributed by atoms with Crippen LogP contribution in [0.4, 0.5) is 10.5 Å². The first-order valence-corrected chi connectivity index (χ1v) is 10.2. The highest BCUT2D eigenvalue weighted by molar-refractivity contribution is 6.21. The van der Waals surface area contributed by atoms with Gasteiger partial charge >= 0.3 is 6.03 Å². The van der Waals surface area contributed by atoms with Gasteiger partial charge in [0.2, 0.25) is 5.91 Å². The summed E-state index contributed by atoms with van der Waals surface area (Å²) in [5.74, 6) is 0.291. The van der Waals surface area contributed by atoms with Crippen molar-refractivity contribution in [3.05, 3.63) is 60.3 Å². The van der Waals surface area contributed by atoms with Crippen molar-refractivity contribution in [2.75, 3.05) is 18.6 Å². The zero-order valence-corrected chi connectivity index (χ0v) is 17.2. The van der Waals surface area contributed by atoms with Gasteiger partial charge in [0.15, 0.2) is 0 Å². The van der Waals surface area contributed by atoms with Crippen LogP contribution in [0.3, 0.4) is 0 Å². The summed E-state index contributed by atoms with van der Waals surface area (Å²) in [5, 5.41) is 6.61. The van der Waals surface area contributed by atoms with Crippen molar-refractivity contribution in [2.45, 2.75) is 25.3 Å². The molecule has 2 aromatic carbocycles. The molecule has 1 aromatic heterocycles. The first kappa shape index (κ1) is 20.5. The van der Waals surface area contributed by atoms with Crippen molar-refractivity contribution in [1.29, 1.82) is 0 Å². The molecule has 1 aliphatic rings. The second-order valence-electron chi connectivity index (χ2n) is 7.38. The number of aromatic nitrogens is 1. The Bertz CT molecular complexity index is 1110. The number of imide groups is 1. The smallest absolute Gasteiger partial charge is 0.329 e. The molecule has 0 radical (unpaired) electrons. The van der Waals surface area contributed by atoms with E-state index in [-0.39, 0.29) is 24.7 Å². The number of nitrogens with zero attached hydrogens (tertiary/aromatic N) is 1. The number of carbonyl (C=O) groups is 3. The van der Waals surface area contributed by atoms with Gasteiger partial charge in [0.25, 0.3) is 5.91 Å². The van der Waals surface area contributed by atoms with Crippen LogP contribution in [0, 0.1) is 0 Å². The van der Waals surface area contributed by atoms with Crippen LogP contribution >= 0.6 is 0 Å². The largest absolute Gasteiger partial charge is 0.497 e. The number of hydrogen-bond acceptors (Lipinski definition) is 4. The van der Waals surface area contributed by atoms with Crippen LogP contribution in [0.15, 0.2) is 54.7 Å². The van der Waals surface area contributed by atoms with Crippen LogP contribution in [0.5, 0.6) is 5.75 Å². The number of carbonyl (C=O) groups excluding carboxylic acids is 3. The first-order valence-electron chi connectivity index (χ1n) is 10.2. The number of amides is 4. The number of hydrogen-bond donors (Lipinski definition) is 3. The van der Waals surface area contributed by atoms with Crippen molar-refractivity contribution >= 4 is 34.4 Å². The maximum absolute atomic E-state index is 12.6. The third-order valence-electron chi connectivity index (χ3n) is 5.38. The molecular weight excluding hydrogens is 396 g/mol. The Hall–Kier alpha value is -3.81. The molecule has 0 bridgehead atoms. The molecule has 8 heteroatoms. The molecule has 0 aliphatic carbocycles. The Morgan fingerprint density at radius 2 is 1.97 bits per heavy atom. The lowest BCUT2D eigenvalue weighted by molar-refractivity contribution is -0.121. The molecule has 8 nitrogen and oxygen atoms in total. The standard InChI is InChI=1S/C23H24N4O4/c1-31-17-7-8-19-18(13-17)15(14-25-19)11-12-24-21(28)10-9-20-22(29)27(23(30)26-20)16-5-3-2-4-6-16/h2-8,13-14,20,25H,9-12H2,1H3,(H,24,28)(H,26,30)/t20-/m1/s1. The second-order valence-corrected chi connectivity index (χ2v) is 7.38. The van der Waals surface area contributed by atoms with Crippen molar-refractivity contribution in [3.63, 3.8) is 0 Å². The van der Waals surface area contributed by atoms with Gasteiger partial charge < -0.3 is 20.4 Å². The Kier molecular flexibility index (Phi) is 5.88. The molecule has 0 unspecified atom stereocenters. The fraction of sp³-hybridized carbons (Fsp3) is 0.261. The van der Waals surface area contributed by atoms with E-state index in [1.54, 1.807) is 31.4 Å². The average Bonchev–Trinajstić information content (AvgIpc) is 3.32. The minimum absolute atomic E-state index is 0.154. The maximum atomic E-state index is 12.6. The van der Waals surface area contributed by atoms with Crippen molar-refractivity contribution in [1.82, 2.24) is 15.6 Å². The van der Waals surface area contributed by atoms with E-state index in [1.807, 2.05) is 30.5 Å². The zero-order chi connectivity index (χ0) is 21.8. The van der Waals surface area contributed by atoms with Crippen LogP contribution < -0.4 is 20.3 Å². The number of benzene rings is 2. The van der Waals surface area contributed by atoms with Gasteiger partial charge in [-0.3, -0.25) is 9.59 Å². The number of nitrogens with one attached hydrogen (secondary N) is 3. The molecule has 3 N–H and O–H groups in total. The van der Waals surface area contributed by atoms with E-state index < -0.39 is 12.1 Å². The summed E-state index contributed by atoms with van der Waals surface area (Å²) in [6.07, 6.45) is 3.01. The molecule has 160 valence electrons. The fourth-order valence-electron chi connectivity index (χ4n) is 3.74. The van der Waals surface area contributed by atoms with Gasteiger partial charge in [0, 0.05) is 30.1 Å². The third-order valence-corrected chi connectivity index (χ3v) is 5.38. The van der Waals surface area contributed by atoms with Gasteiger partial charge in [-0.15, -0.1) is 0 Å². The van der Waals surface area contributed by atoms with Crippen molar-refractivity contribution in [3.8, 4) is 5.75 Å². The van der Waals surface area contributed by atoms with Gasteiger partial charge in [-0.05, 0) is 48.7 Å². The summed E-state index contributed by atoms with van der Waals surface area (Å²) in [7, 11) is 1.63. The Labute approximate surface area is 179 Å². The molecule has 4 rings (SSSR count). The summed E-state index contributed by atoms with van der Waals surface area (Å²) in [4.78, 5) is 41.3. The molecule has 2 heterocycles. The van der Waals surface area contributed by atoms with Crippen molar-refractivity contribution in [2.24, 2.45) is 0 Å². The number of aromatic amines is 1. The highest BCUT2D eigenvalue weighted by Gasteiger charge is 2.38. The maximum Gasteiger partial charge on any atom is 0.329 e. The van der Waals surface area contributed by atoms with Crippen LogP contribution in [0.1, 0.15) is 18.4 Å². The van der Waals surface area contributed by atoms with Crippen LogP contribution in [-0.4, -0.2) is 42.5 Å². The Morgan fingerprint density at radius 1 is 1.16 bits per heavy atom. The molecule has 1 atom stereocenters. The number of fused-ring (bicyclic) bond motifs is 1. The highest BCUT2D eigenvalue weighted by Crippen LogP contribution is 2.24. The highest BCUT2D eigenvalue weighted by atomic mass is 16.5. The van der Waals surface area contributed by atoms with E-state index in [4.69, 9.17) is 4.74 Å². The summed E-state index contributed by atoms with van der Waals surface area (Å²) >= 11 is 0. The number of H-pyrrole nitrogens is 1. The number of ether oxygens (including phenoxy) is 1. The minimum Gasteiger partial charge on any atom is -0.497 e. The first-order chi connectivity index (χ1) is 15.1. The Balaban J connectivity index is 1.26. The number of methoxy groups -OCH3 is 1. The number of para-hydroxylation sites is 1. The molecule has 31 heavy (non-hydrogen) atoms. The molecule has 0 spiro atoms. The molecule has 0 saturated carbocycles.